The molecule has 0 bridgehead atoms. The Hall–Kier alpha value is -1.54. The van der Waals surface area contributed by atoms with Gasteiger partial charge >= 0.3 is 0 Å². The molecule has 5 heteroatoms. The zero-order valence-electron chi connectivity index (χ0n) is 11.2. The van der Waals surface area contributed by atoms with Crippen LogP contribution in [0.1, 0.15) is 10.4 Å². The standard InChI is InChI=1S/C15H15ClN2OS/c1-18(11-14-5-6-15(16)20-14)7-8-19-13-4-2-3-12(9-13)10-17/h2-6,9H,7-8,11H2,1H3. The topological polar surface area (TPSA) is 36.3 Å². The molecule has 0 fully saturated rings. The van der Waals surface area contributed by atoms with Crippen LogP contribution in [-0.2, 0) is 6.54 Å². The first kappa shape index (κ1) is 14.9. The van der Waals surface area contributed by atoms with Gasteiger partial charge in [-0.1, -0.05) is 17.7 Å². The zero-order valence-corrected chi connectivity index (χ0v) is 12.7. The lowest BCUT2D eigenvalue weighted by Gasteiger charge is -2.16. The molecular weight excluding hydrogens is 292 g/mol. The van der Waals surface area contributed by atoms with Crippen LogP contribution in [0.4, 0.5) is 0 Å². The largest absolute Gasteiger partial charge is 0.492 e. The molecule has 104 valence electrons. The first-order chi connectivity index (χ1) is 9.67. The van der Waals surface area contributed by atoms with E-state index in [4.69, 9.17) is 21.6 Å². The highest BCUT2D eigenvalue weighted by Crippen LogP contribution is 2.22. The maximum absolute atomic E-state index is 8.82. The van der Waals surface area contributed by atoms with Crippen LogP contribution in [0.3, 0.4) is 0 Å². The summed E-state index contributed by atoms with van der Waals surface area (Å²) in [7, 11) is 2.04. The first-order valence-electron chi connectivity index (χ1n) is 6.23. The minimum atomic E-state index is 0.588. The first-order valence-corrected chi connectivity index (χ1v) is 7.42. The van der Waals surface area contributed by atoms with Crippen LogP contribution >= 0.6 is 22.9 Å². The fourth-order valence-corrected chi connectivity index (χ4v) is 2.92. The molecular formula is C15H15ClN2OS. The number of hydrogen-bond donors (Lipinski definition) is 0. The molecule has 0 aliphatic carbocycles. The molecule has 0 N–H and O–H groups in total. The van der Waals surface area contributed by atoms with E-state index in [0.717, 1.165) is 23.2 Å². The quantitative estimate of drug-likeness (QED) is 0.815. The predicted molar refractivity (Wildman–Crippen MR) is 82.3 cm³/mol. The molecule has 0 saturated carbocycles. The van der Waals surface area contributed by atoms with Crippen molar-refractivity contribution in [1.29, 1.82) is 5.26 Å². The summed E-state index contributed by atoms with van der Waals surface area (Å²) in [6, 6.07) is 13.3. The van der Waals surface area contributed by atoms with Gasteiger partial charge in [0.15, 0.2) is 0 Å². The van der Waals surface area contributed by atoms with Crippen LogP contribution in [0.2, 0.25) is 4.34 Å². The Labute approximate surface area is 128 Å². The third-order valence-electron chi connectivity index (χ3n) is 2.76. The summed E-state index contributed by atoms with van der Waals surface area (Å²) >= 11 is 7.50. The molecule has 0 saturated heterocycles. The average molecular weight is 307 g/mol. The van der Waals surface area contributed by atoms with Gasteiger partial charge in [-0.2, -0.15) is 5.26 Å². The van der Waals surface area contributed by atoms with E-state index < -0.39 is 0 Å². The monoisotopic (exact) mass is 306 g/mol. The Balaban J connectivity index is 1.76. The summed E-state index contributed by atoms with van der Waals surface area (Å²) in [6.45, 7) is 2.26. The van der Waals surface area contributed by atoms with Crippen molar-refractivity contribution in [2.24, 2.45) is 0 Å². The number of likely N-dealkylation sites (N-methyl/N-ethyl adjacent to an activating group) is 1. The van der Waals surface area contributed by atoms with E-state index in [1.165, 1.54) is 4.88 Å². The summed E-state index contributed by atoms with van der Waals surface area (Å²) in [5.74, 6) is 0.733. The normalized spacial score (nSPS) is 10.5. The highest BCUT2D eigenvalue weighted by molar-refractivity contribution is 7.16. The number of halogens is 1. The Morgan fingerprint density at radius 3 is 2.90 bits per heavy atom. The molecule has 0 amide bonds. The lowest BCUT2D eigenvalue weighted by molar-refractivity contribution is 0.234. The second-order valence-electron chi connectivity index (χ2n) is 4.43. The molecule has 0 unspecified atom stereocenters. The summed E-state index contributed by atoms with van der Waals surface area (Å²) in [6.07, 6.45) is 0. The van der Waals surface area contributed by atoms with Gasteiger partial charge in [0.1, 0.15) is 12.4 Å². The lowest BCUT2D eigenvalue weighted by atomic mass is 10.2. The van der Waals surface area contributed by atoms with Crippen LogP contribution in [-0.4, -0.2) is 25.1 Å². The van der Waals surface area contributed by atoms with E-state index in [-0.39, 0.29) is 0 Å². The van der Waals surface area contributed by atoms with Crippen LogP contribution in [0, 0.1) is 11.3 Å². The van der Waals surface area contributed by atoms with Gasteiger partial charge in [-0.15, -0.1) is 11.3 Å². The number of nitriles is 1. The Bertz CT molecular complexity index is 606. The molecule has 3 nitrogen and oxygen atoms in total. The minimum Gasteiger partial charge on any atom is -0.492 e. The summed E-state index contributed by atoms with van der Waals surface area (Å²) in [5.41, 5.74) is 0.615. The molecule has 2 aromatic rings. The van der Waals surface area contributed by atoms with Gasteiger partial charge in [0.05, 0.1) is 16.0 Å². The van der Waals surface area contributed by atoms with Crippen LogP contribution in [0.15, 0.2) is 36.4 Å². The van der Waals surface area contributed by atoms with Gasteiger partial charge in [0.25, 0.3) is 0 Å². The van der Waals surface area contributed by atoms with Crippen LogP contribution < -0.4 is 4.74 Å². The fraction of sp³-hybridized carbons (Fsp3) is 0.267. The third kappa shape index (κ3) is 4.53. The molecule has 0 spiro atoms. The van der Waals surface area contributed by atoms with Gasteiger partial charge in [0, 0.05) is 18.0 Å². The Morgan fingerprint density at radius 2 is 2.20 bits per heavy atom. The van der Waals surface area contributed by atoms with Crippen molar-refractivity contribution in [3.8, 4) is 11.8 Å². The van der Waals surface area contributed by atoms with Crippen LogP contribution in [0.25, 0.3) is 0 Å². The molecule has 0 aliphatic rings. The number of benzene rings is 1. The van der Waals surface area contributed by atoms with Gasteiger partial charge in [-0.25, -0.2) is 0 Å². The molecule has 1 heterocycles. The summed E-state index contributed by atoms with van der Waals surface area (Å²) < 4.78 is 6.46. The molecule has 0 atom stereocenters. The third-order valence-corrected chi connectivity index (χ3v) is 3.98. The van der Waals surface area contributed by atoms with Crippen LogP contribution in [0.5, 0.6) is 5.75 Å². The van der Waals surface area contributed by atoms with E-state index in [1.54, 1.807) is 23.5 Å². The zero-order chi connectivity index (χ0) is 14.4. The number of thiophene rings is 1. The van der Waals surface area contributed by atoms with E-state index >= 15 is 0 Å². The highest BCUT2D eigenvalue weighted by atomic mass is 35.5. The van der Waals surface area contributed by atoms with Crippen molar-refractivity contribution in [1.82, 2.24) is 4.90 Å². The molecule has 0 radical (unpaired) electrons. The second kappa shape index (κ2) is 7.30. The van der Waals surface area contributed by atoms with E-state index in [0.29, 0.717) is 12.2 Å². The highest BCUT2D eigenvalue weighted by Gasteiger charge is 2.04. The van der Waals surface area contributed by atoms with Crippen molar-refractivity contribution in [2.45, 2.75) is 6.54 Å². The van der Waals surface area contributed by atoms with Gasteiger partial charge in [0.2, 0.25) is 0 Å². The van der Waals surface area contributed by atoms with Gasteiger partial charge < -0.3 is 4.74 Å². The molecule has 0 aliphatic heterocycles. The predicted octanol–water partition coefficient (Wildman–Crippen LogP) is 3.78. The van der Waals surface area contributed by atoms with Crippen molar-refractivity contribution in [3.05, 3.63) is 51.2 Å². The summed E-state index contributed by atoms with van der Waals surface area (Å²) in [4.78, 5) is 3.42. The number of rotatable bonds is 6. The Kier molecular flexibility index (Phi) is 5.42. The van der Waals surface area contributed by atoms with Crippen molar-refractivity contribution in [2.75, 3.05) is 20.2 Å². The lowest BCUT2D eigenvalue weighted by Crippen LogP contribution is -2.23. The minimum absolute atomic E-state index is 0.588. The summed E-state index contributed by atoms with van der Waals surface area (Å²) in [5, 5.41) is 8.82. The maximum Gasteiger partial charge on any atom is 0.120 e. The number of nitrogens with zero attached hydrogens (tertiary/aromatic N) is 2. The number of hydrogen-bond acceptors (Lipinski definition) is 4. The fourth-order valence-electron chi connectivity index (χ4n) is 1.76. The van der Waals surface area contributed by atoms with Crippen molar-refractivity contribution < 1.29 is 4.74 Å². The molecule has 2 rings (SSSR count). The van der Waals surface area contributed by atoms with E-state index in [9.17, 15) is 0 Å². The van der Waals surface area contributed by atoms with E-state index in [2.05, 4.69) is 11.0 Å². The molecule has 1 aromatic carbocycles. The maximum atomic E-state index is 8.82. The van der Waals surface area contributed by atoms with Crippen molar-refractivity contribution in [3.63, 3.8) is 0 Å². The Morgan fingerprint density at radius 1 is 1.35 bits per heavy atom. The van der Waals surface area contributed by atoms with Gasteiger partial charge in [-0.3, -0.25) is 4.90 Å². The SMILES string of the molecule is CN(CCOc1cccc(C#N)c1)Cc1ccc(Cl)s1. The van der Waals surface area contributed by atoms with E-state index in [1.807, 2.05) is 31.3 Å². The molecule has 1 aromatic heterocycles. The second-order valence-corrected chi connectivity index (χ2v) is 6.23. The van der Waals surface area contributed by atoms with Gasteiger partial charge in [-0.05, 0) is 37.4 Å². The number of ether oxygens (including phenoxy) is 1. The van der Waals surface area contributed by atoms with Crippen molar-refractivity contribution >= 4 is 22.9 Å². The average Bonchev–Trinajstić information content (AvgIpc) is 2.84. The smallest absolute Gasteiger partial charge is 0.120 e. The molecule has 20 heavy (non-hydrogen) atoms.